The summed E-state index contributed by atoms with van der Waals surface area (Å²) in [6, 6.07) is 0. The van der Waals surface area contributed by atoms with E-state index in [1.54, 1.807) is 0 Å². The monoisotopic (exact) mass is 430 g/mol. The standard InChI is InChI=1S/C30H54O/c1-18(2)22(6)20(4)17-21(5)24-12-13-26-23-10-11-25-19(3)9-14-28(31)30(25,8)27(23)15-16-29(24,26)7/h18-28,31H,9-17H2,1-8H3/t19?,20?,21-,22?,23+,24-,25?,26+,27+,28?,29-,30+/m1/s1. The molecule has 4 rings (SSSR count). The number of aliphatic hydroxyl groups excluding tert-OH is 1. The summed E-state index contributed by atoms with van der Waals surface area (Å²) in [6.45, 7) is 20.1. The average molecular weight is 431 g/mol. The second-order valence-electron chi connectivity index (χ2n) is 14.0. The van der Waals surface area contributed by atoms with Gasteiger partial charge in [-0.25, -0.2) is 0 Å². The molecule has 31 heavy (non-hydrogen) atoms. The molecule has 0 aromatic heterocycles. The summed E-state index contributed by atoms with van der Waals surface area (Å²) in [5.74, 6) is 8.37. The molecule has 1 N–H and O–H groups in total. The predicted molar refractivity (Wildman–Crippen MR) is 133 cm³/mol. The molecule has 0 bridgehead atoms. The van der Waals surface area contributed by atoms with Crippen LogP contribution in [0.4, 0.5) is 0 Å². The van der Waals surface area contributed by atoms with E-state index in [2.05, 4.69) is 55.4 Å². The Labute approximate surface area is 194 Å². The van der Waals surface area contributed by atoms with E-state index in [0.29, 0.717) is 5.41 Å². The maximum Gasteiger partial charge on any atom is 0.0599 e. The second kappa shape index (κ2) is 8.63. The van der Waals surface area contributed by atoms with E-state index >= 15 is 0 Å². The number of fused-ring (bicyclic) bond motifs is 5. The zero-order valence-electron chi connectivity index (χ0n) is 22.2. The van der Waals surface area contributed by atoms with Crippen molar-refractivity contribution in [3.63, 3.8) is 0 Å². The molecule has 1 nitrogen and oxygen atoms in total. The molecule has 0 radical (unpaired) electrons. The molecule has 12 atom stereocenters. The number of hydrogen-bond acceptors (Lipinski definition) is 1. The fourth-order valence-corrected chi connectivity index (χ4v) is 10.3. The third-order valence-electron chi connectivity index (χ3n) is 12.6. The van der Waals surface area contributed by atoms with E-state index in [4.69, 9.17) is 0 Å². The minimum atomic E-state index is -0.0552. The van der Waals surface area contributed by atoms with Crippen LogP contribution in [0.15, 0.2) is 0 Å². The van der Waals surface area contributed by atoms with Crippen molar-refractivity contribution in [1.82, 2.24) is 0 Å². The lowest BCUT2D eigenvalue weighted by molar-refractivity contribution is -0.177. The van der Waals surface area contributed by atoms with Crippen LogP contribution >= 0.6 is 0 Å². The third kappa shape index (κ3) is 3.76. The summed E-state index contributed by atoms with van der Waals surface area (Å²) in [5, 5.41) is 11.3. The molecule has 180 valence electrons. The zero-order valence-corrected chi connectivity index (χ0v) is 22.2. The summed E-state index contributed by atoms with van der Waals surface area (Å²) >= 11 is 0. The van der Waals surface area contributed by atoms with Crippen molar-refractivity contribution in [2.45, 2.75) is 119 Å². The molecule has 4 aliphatic rings. The van der Waals surface area contributed by atoms with Crippen LogP contribution in [0.5, 0.6) is 0 Å². The number of aliphatic hydroxyl groups is 1. The van der Waals surface area contributed by atoms with E-state index in [-0.39, 0.29) is 11.5 Å². The third-order valence-corrected chi connectivity index (χ3v) is 12.6. The lowest BCUT2D eigenvalue weighted by Crippen LogP contribution is -2.59. The SMILES string of the molecule is CC(C)C(C)C(C)C[C@@H](C)[C@H]1CC[C@H]2[C@@H]3CCC4C(C)CCC(O)[C@]4(C)[C@H]3CC[C@]12C. The van der Waals surface area contributed by atoms with Crippen LogP contribution in [0.2, 0.25) is 0 Å². The van der Waals surface area contributed by atoms with Gasteiger partial charge in [0.15, 0.2) is 0 Å². The topological polar surface area (TPSA) is 20.2 Å². The summed E-state index contributed by atoms with van der Waals surface area (Å²) < 4.78 is 0. The van der Waals surface area contributed by atoms with Crippen LogP contribution in [0.3, 0.4) is 0 Å². The highest BCUT2D eigenvalue weighted by Crippen LogP contribution is 2.69. The van der Waals surface area contributed by atoms with Crippen molar-refractivity contribution in [2.75, 3.05) is 0 Å². The lowest BCUT2D eigenvalue weighted by Gasteiger charge is -2.63. The van der Waals surface area contributed by atoms with E-state index in [1.807, 2.05) is 0 Å². The van der Waals surface area contributed by atoms with Crippen molar-refractivity contribution in [3.8, 4) is 0 Å². The first-order valence-electron chi connectivity index (χ1n) is 14.2. The van der Waals surface area contributed by atoms with E-state index in [0.717, 1.165) is 65.6 Å². The second-order valence-corrected chi connectivity index (χ2v) is 14.0. The van der Waals surface area contributed by atoms with Crippen LogP contribution < -0.4 is 0 Å². The number of rotatable bonds is 5. The van der Waals surface area contributed by atoms with Gasteiger partial charge < -0.3 is 5.11 Å². The Morgan fingerprint density at radius 3 is 2.16 bits per heavy atom. The first kappa shape index (κ1) is 24.1. The lowest BCUT2D eigenvalue weighted by atomic mass is 9.42. The Kier molecular flexibility index (Phi) is 6.71. The maximum atomic E-state index is 11.3. The molecule has 1 heteroatoms. The van der Waals surface area contributed by atoms with Gasteiger partial charge in [-0.15, -0.1) is 0 Å². The molecule has 5 unspecified atom stereocenters. The fourth-order valence-electron chi connectivity index (χ4n) is 10.3. The van der Waals surface area contributed by atoms with Gasteiger partial charge in [0, 0.05) is 0 Å². The van der Waals surface area contributed by atoms with Crippen molar-refractivity contribution < 1.29 is 5.11 Å². The van der Waals surface area contributed by atoms with Crippen LogP contribution in [0, 0.1) is 70.0 Å². The van der Waals surface area contributed by atoms with Gasteiger partial charge >= 0.3 is 0 Å². The molecular formula is C30H54O. The molecule has 0 heterocycles. The van der Waals surface area contributed by atoms with Crippen LogP contribution in [-0.2, 0) is 0 Å². The van der Waals surface area contributed by atoms with Gasteiger partial charge in [-0.05, 0) is 128 Å². The highest BCUT2D eigenvalue weighted by Gasteiger charge is 2.62. The zero-order chi connectivity index (χ0) is 22.7. The Hall–Kier alpha value is -0.0400. The molecule has 0 saturated heterocycles. The van der Waals surface area contributed by atoms with E-state index in [9.17, 15) is 5.11 Å². The molecule has 0 aliphatic heterocycles. The number of hydrogen-bond donors (Lipinski definition) is 1. The van der Waals surface area contributed by atoms with Gasteiger partial charge in [-0.1, -0.05) is 55.4 Å². The first-order valence-corrected chi connectivity index (χ1v) is 14.2. The quantitative estimate of drug-likeness (QED) is 0.466. The highest BCUT2D eigenvalue weighted by atomic mass is 16.3. The Morgan fingerprint density at radius 1 is 0.806 bits per heavy atom. The Bertz CT molecular complexity index is 626. The van der Waals surface area contributed by atoms with Gasteiger partial charge in [0.1, 0.15) is 0 Å². The summed E-state index contributed by atoms with van der Waals surface area (Å²) in [6.07, 6.45) is 12.2. The van der Waals surface area contributed by atoms with Crippen molar-refractivity contribution in [1.29, 1.82) is 0 Å². The molecule has 4 fully saturated rings. The smallest absolute Gasteiger partial charge is 0.0599 e. The maximum absolute atomic E-state index is 11.3. The van der Waals surface area contributed by atoms with Gasteiger partial charge in [0.25, 0.3) is 0 Å². The molecule has 0 amide bonds. The van der Waals surface area contributed by atoms with Gasteiger partial charge in [0.2, 0.25) is 0 Å². The fraction of sp³-hybridized carbons (Fsp3) is 1.00. The van der Waals surface area contributed by atoms with Crippen LogP contribution in [0.25, 0.3) is 0 Å². The van der Waals surface area contributed by atoms with Gasteiger partial charge in [0.05, 0.1) is 6.10 Å². The first-order chi connectivity index (χ1) is 14.5. The molecule has 0 aromatic rings. The Morgan fingerprint density at radius 2 is 1.48 bits per heavy atom. The largest absolute Gasteiger partial charge is 0.393 e. The van der Waals surface area contributed by atoms with Crippen LogP contribution in [-0.4, -0.2) is 11.2 Å². The summed E-state index contributed by atoms with van der Waals surface area (Å²) in [4.78, 5) is 0. The minimum Gasteiger partial charge on any atom is -0.393 e. The predicted octanol–water partition coefficient (Wildman–Crippen LogP) is 8.21. The average Bonchev–Trinajstić information content (AvgIpc) is 3.07. The van der Waals surface area contributed by atoms with Crippen molar-refractivity contribution >= 4 is 0 Å². The van der Waals surface area contributed by atoms with Gasteiger partial charge in [-0.3, -0.25) is 0 Å². The summed E-state index contributed by atoms with van der Waals surface area (Å²) in [5.41, 5.74) is 0.739. The normalized spacial score (nSPS) is 50.3. The van der Waals surface area contributed by atoms with E-state index in [1.165, 1.54) is 51.4 Å². The highest BCUT2D eigenvalue weighted by molar-refractivity contribution is 5.11. The minimum absolute atomic E-state index is 0.0552. The molecular weight excluding hydrogens is 376 g/mol. The molecule has 0 spiro atoms. The molecule has 0 aromatic carbocycles. The molecule has 4 aliphatic carbocycles. The Balaban J connectivity index is 1.51. The van der Waals surface area contributed by atoms with E-state index < -0.39 is 0 Å². The van der Waals surface area contributed by atoms with Crippen molar-refractivity contribution in [2.24, 2.45) is 70.0 Å². The van der Waals surface area contributed by atoms with Crippen LogP contribution in [0.1, 0.15) is 113 Å². The molecule has 4 saturated carbocycles. The van der Waals surface area contributed by atoms with Crippen molar-refractivity contribution in [3.05, 3.63) is 0 Å². The van der Waals surface area contributed by atoms with Gasteiger partial charge in [-0.2, -0.15) is 0 Å². The summed E-state index contributed by atoms with van der Waals surface area (Å²) in [7, 11) is 0.